The number of anilines is 4. The maximum absolute atomic E-state index is 13.3. The highest BCUT2D eigenvalue weighted by molar-refractivity contribution is 6.27. The number of rotatable bonds is 16. The van der Waals surface area contributed by atoms with Crippen LogP contribution in [-0.2, 0) is 39.9 Å². The summed E-state index contributed by atoms with van der Waals surface area (Å²) in [5.41, 5.74) is 2.61. The van der Waals surface area contributed by atoms with E-state index >= 15 is 0 Å². The first-order valence-electron chi connectivity index (χ1n) is 29.1. The Bertz CT molecular complexity index is 3210. The number of benzene rings is 6. The van der Waals surface area contributed by atoms with E-state index in [0.717, 1.165) is 111 Å². The second-order valence-electron chi connectivity index (χ2n) is 21.7. The lowest BCUT2D eigenvalue weighted by Crippen LogP contribution is -2.50. The van der Waals surface area contributed by atoms with Gasteiger partial charge in [-0.3, -0.25) is 9.59 Å². The predicted octanol–water partition coefficient (Wildman–Crippen LogP) is 12.7. The Morgan fingerprint density at radius 1 is 0.529 bits per heavy atom. The summed E-state index contributed by atoms with van der Waals surface area (Å²) in [6.45, 7) is 6.92. The summed E-state index contributed by atoms with van der Waals surface area (Å²) in [5.74, 6) is 1.72. The first-order valence-corrected chi connectivity index (χ1v) is 29.7. The monoisotopic (exact) mass is 1220 g/mol. The molecule has 87 heavy (non-hydrogen) atoms. The largest absolute Gasteiger partial charge is 0.489 e. The standard InChI is InChI=1S/C33H35F3N4O3.C19H21ClN2O2.C14H15F3N2O/c34-33(35,36)31-20-27(7-6-25(31)21-37)38-26-8-12-29(13-9-26)43-23-32(41)40-18-16-39(17-19-40)28-10-14-30(15-11-28)42-22-24-4-2-1-3-5-24;20-14-19(23)22-12-10-21(11-13-22)17-6-8-18(9-7-17)24-15-16-4-2-1-3-5-16;15-14(16,17)13-7-11(2-1-9(13)8-18)19-10-3-5-12(20)6-4-10/h1-7,10-11,14-15,20,26,29,38H,8-9,12-13,16-19,22-23H2;1-9H,10-15H2;1-2,7,10,12,19-20H,3-6H2. The number of hydrogen-bond donors (Lipinski definition) is 3. The molecule has 14 nitrogen and oxygen atoms in total. The molecule has 0 aromatic heterocycles. The van der Waals surface area contributed by atoms with Gasteiger partial charge in [0.2, 0.25) is 11.8 Å². The van der Waals surface area contributed by atoms with E-state index in [-0.39, 0.29) is 59.7 Å². The number of aliphatic hydroxyl groups is 1. The molecule has 2 saturated carbocycles. The highest BCUT2D eigenvalue weighted by Gasteiger charge is 2.36. The summed E-state index contributed by atoms with van der Waals surface area (Å²) in [6, 6.07) is 46.9. The van der Waals surface area contributed by atoms with Gasteiger partial charge in [-0.05, 0) is 147 Å². The van der Waals surface area contributed by atoms with Crippen LogP contribution in [0, 0.1) is 22.7 Å². The van der Waals surface area contributed by atoms with Crippen LogP contribution in [0.15, 0.2) is 146 Å². The number of alkyl halides is 7. The minimum absolute atomic E-state index is 0.00198. The third-order valence-corrected chi connectivity index (χ3v) is 16.0. The van der Waals surface area contributed by atoms with Crippen LogP contribution < -0.4 is 29.9 Å². The number of halogens is 7. The highest BCUT2D eigenvalue weighted by Crippen LogP contribution is 2.36. The van der Waals surface area contributed by atoms with Gasteiger partial charge in [0.1, 0.15) is 37.2 Å². The predicted molar refractivity (Wildman–Crippen MR) is 323 cm³/mol. The second kappa shape index (κ2) is 31.5. The topological polar surface area (TPSA) is 167 Å². The highest BCUT2D eigenvalue weighted by atomic mass is 35.5. The van der Waals surface area contributed by atoms with Crippen LogP contribution in [0.2, 0.25) is 0 Å². The quantitative estimate of drug-likeness (QED) is 0.0621. The van der Waals surface area contributed by atoms with Gasteiger partial charge in [-0.25, -0.2) is 0 Å². The molecule has 4 fully saturated rings. The molecule has 0 unspecified atom stereocenters. The lowest BCUT2D eigenvalue weighted by atomic mass is 9.92. The van der Waals surface area contributed by atoms with Crippen LogP contribution in [0.1, 0.15) is 84.7 Å². The van der Waals surface area contributed by atoms with Crippen LogP contribution in [0.25, 0.3) is 0 Å². The zero-order valence-electron chi connectivity index (χ0n) is 48.1. The van der Waals surface area contributed by atoms with Gasteiger partial charge in [-0.2, -0.15) is 36.9 Å². The number of nitriles is 2. The summed E-state index contributed by atoms with van der Waals surface area (Å²) in [6.07, 6.45) is -3.87. The second-order valence-corrected chi connectivity index (χ2v) is 22.0. The van der Waals surface area contributed by atoms with E-state index in [4.69, 9.17) is 36.3 Å². The maximum atomic E-state index is 13.3. The van der Waals surface area contributed by atoms with Gasteiger partial charge in [-0.1, -0.05) is 60.7 Å². The van der Waals surface area contributed by atoms with Crippen molar-refractivity contribution in [3.8, 4) is 23.6 Å². The van der Waals surface area contributed by atoms with Crippen LogP contribution >= 0.6 is 11.6 Å². The van der Waals surface area contributed by atoms with Crippen LogP contribution in [-0.4, -0.2) is 116 Å². The molecule has 2 heterocycles. The summed E-state index contributed by atoms with van der Waals surface area (Å²) < 4.78 is 96.0. The third kappa shape index (κ3) is 19.7. The lowest BCUT2D eigenvalue weighted by Gasteiger charge is -2.36. The molecule has 0 spiro atoms. The SMILES string of the molecule is N#Cc1ccc(NC2CCC(O)CC2)cc1C(F)(F)F.N#Cc1ccc(NC2CCC(OCC(=O)N3CCN(c4ccc(OCc5ccccc5)cc4)CC3)CC2)cc1C(F)(F)F.O=C(CCl)N1CCN(c2ccc(OCc3ccccc3)cc2)CC1. The zero-order valence-corrected chi connectivity index (χ0v) is 48.9. The van der Waals surface area contributed by atoms with Gasteiger partial charge in [0.25, 0.3) is 0 Å². The Hall–Kier alpha value is -8.17. The molecule has 3 N–H and O–H groups in total. The van der Waals surface area contributed by atoms with Gasteiger partial charge in [0, 0.05) is 87.2 Å². The number of amides is 2. The van der Waals surface area contributed by atoms with E-state index in [1.165, 1.54) is 24.3 Å². The number of nitrogens with one attached hydrogen (secondary N) is 2. The van der Waals surface area contributed by atoms with Crippen molar-refractivity contribution in [2.45, 2.75) is 101 Å². The fourth-order valence-corrected chi connectivity index (χ4v) is 10.9. The van der Waals surface area contributed by atoms with Crippen molar-refractivity contribution < 1.29 is 55.2 Å². The number of aliphatic hydroxyl groups excluding tert-OH is 1. The molecule has 6 aromatic rings. The van der Waals surface area contributed by atoms with Gasteiger partial charge < -0.3 is 49.6 Å². The Kier molecular flexibility index (Phi) is 23.4. The van der Waals surface area contributed by atoms with E-state index in [9.17, 15) is 41.0 Å². The molecule has 0 radical (unpaired) electrons. The maximum Gasteiger partial charge on any atom is 0.417 e. The van der Waals surface area contributed by atoms with Gasteiger partial charge in [0.05, 0.1) is 46.6 Å². The Morgan fingerprint density at radius 2 is 0.920 bits per heavy atom. The molecule has 0 bridgehead atoms. The molecule has 0 atom stereocenters. The Balaban J connectivity index is 0.000000187. The minimum atomic E-state index is -4.59. The van der Waals surface area contributed by atoms with Crippen molar-refractivity contribution in [2.24, 2.45) is 0 Å². The molecule has 2 amide bonds. The van der Waals surface area contributed by atoms with E-state index in [0.29, 0.717) is 63.4 Å². The minimum Gasteiger partial charge on any atom is -0.489 e. The smallest absolute Gasteiger partial charge is 0.417 e. The van der Waals surface area contributed by atoms with Crippen LogP contribution in [0.4, 0.5) is 49.1 Å². The van der Waals surface area contributed by atoms with E-state index < -0.39 is 23.5 Å². The Morgan fingerprint density at radius 3 is 1.30 bits per heavy atom. The number of nitrogens with zero attached hydrogens (tertiary/aromatic N) is 6. The van der Waals surface area contributed by atoms with E-state index in [2.05, 4.69) is 44.7 Å². The van der Waals surface area contributed by atoms with Gasteiger partial charge in [0.15, 0.2) is 0 Å². The summed E-state index contributed by atoms with van der Waals surface area (Å²) in [7, 11) is 0. The van der Waals surface area contributed by atoms with E-state index in [1.807, 2.05) is 94.7 Å². The molecule has 6 aromatic carbocycles. The van der Waals surface area contributed by atoms with Crippen molar-refractivity contribution in [1.29, 1.82) is 10.5 Å². The number of carbonyl (C=O) groups is 2. The van der Waals surface area contributed by atoms with Gasteiger partial charge in [-0.15, -0.1) is 11.6 Å². The van der Waals surface area contributed by atoms with Crippen molar-refractivity contribution in [3.63, 3.8) is 0 Å². The molecule has 10 rings (SSSR count). The van der Waals surface area contributed by atoms with Crippen molar-refractivity contribution in [1.82, 2.24) is 9.80 Å². The van der Waals surface area contributed by atoms with E-state index in [1.54, 1.807) is 12.1 Å². The van der Waals surface area contributed by atoms with Crippen LogP contribution in [0.5, 0.6) is 11.5 Å². The first kappa shape index (κ1) is 64.8. The average Bonchev–Trinajstić information content (AvgIpc) is 3.67. The summed E-state index contributed by atoms with van der Waals surface area (Å²) in [4.78, 5) is 32.6. The number of ether oxygens (including phenoxy) is 3. The Labute approximate surface area is 508 Å². The van der Waals surface area contributed by atoms with Crippen molar-refractivity contribution in [3.05, 3.63) is 179 Å². The summed E-state index contributed by atoms with van der Waals surface area (Å²) >= 11 is 5.61. The average molecular weight is 1220 g/mol. The third-order valence-electron chi connectivity index (χ3n) is 15.7. The van der Waals surface area contributed by atoms with Crippen molar-refractivity contribution >= 4 is 46.2 Å². The number of hydrogen-bond acceptors (Lipinski definition) is 12. The van der Waals surface area contributed by atoms with Gasteiger partial charge >= 0.3 is 12.4 Å². The van der Waals surface area contributed by atoms with Crippen molar-refractivity contribution in [2.75, 3.05) is 85.3 Å². The summed E-state index contributed by atoms with van der Waals surface area (Å²) in [5, 5.41) is 33.3. The molecule has 2 aliphatic heterocycles. The normalized spacial score (nSPS) is 18.7. The fraction of sp³-hybridized carbons (Fsp3) is 0.394. The molecule has 2 saturated heterocycles. The zero-order chi connectivity index (χ0) is 61.8. The number of carbonyl (C=O) groups excluding carboxylic acids is 2. The fourth-order valence-electron chi connectivity index (χ4n) is 10.8. The molecule has 2 aliphatic carbocycles. The molecule has 460 valence electrons. The van der Waals surface area contributed by atoms with Crippen LogP contribution in [0.3, 0.4) is 0 Å². The molecule has 4 aliphatic rings. The molecule has 21 heteroatoms. The number of piperazine rings is 2. The first-order chi connectivity index (χ1) is 41.9. The molecular formula is C66H71ClF6N8O6. The lowest BCUT2D eigenvalue weighted by molar-refractivity contribution is -0.139. The molecular weight excluding hydrogens is 1150 g/mol.